The fraction of sp³-hybridized carbons (Fsp3) is 0.720. The van der Waals surface area contributed by atoms with Crippen LogP contribution in [0.25, 0.3) is 0 Å². The van der Waals surface area contributed by atoms with Crippen molar-refractivity contribution in [2.24, 2.45) is 5.41 Å². The molecule has 4 saturated heterocycles. The van der Waals surface area contributed by atoms with Crippen molar-refractivity contribution in [3.8, 4) is 0 Å². The third-order valence-corrected chi connectivity index (χ3v) is 8.37. The van der Waals surface area contributed by atoms with E-state index in [-0.39, 0.29) is 5.41 Å². The highest BCUT2D eigenvalue weighted by Crippen LogP contribution is 2.42. The number of carbonyl (C=O) groups excluding carboxylic acids is 1. The first-order valence-corrected chi connectivity index (χ1v) is 12.2. The van der Waals surface area contributed by atoms with E-state index in [4.69, 9.17) is 0 Å². The van der Waals surface area contributed by atoms with Crippen molar-refractivity contribution >= 4 is 17.3 Å². The number of benzene rings is 1. The van der Waals surface area contributed by atoms with Crippen molar-refractivity contribution in [3.05, 3.63) is 23.8 Å². The summed E-state index contributed by atoms with van der Waals surface area (Å²) in [4.78, 5) is 20.9. The van der Waals surface area contributed by atoms with Crippen molar-refractivity contribution in [1.82, 2.24) is 10.2 Å². The third-order valence-electron chi connectivity index (χ3n) is 8.37. The van der Waals surface area contributed by atoms with Gasteiger partial charge in [0.05, 0.1) is 5.41 Å². The van der Waals surface area contributed by atoms with Crippen LogP contribution >= 0.6 is 0 Å². The highest BCUT2D eigenvalue weighted by atomic mass is 16.2. The number of hydrogen-bond donors (Lipinski definition) is 1. The van der Waals surface area contributed by atoms with Gasteiger partial charge in [0, 0.05) is 43.1 Å². The minimum atomic E-state index is -0.122. The highest BCUT2D eigenvalue weighted by molar-refractivity contribution is 5.99. The van der Waals surface area contributed by atoms with Crippen LogP contribution in [-0.4, -0.2) is 62.2 Å². The Morgan fingerprint density at radius 2 is 1.87 bits per heavy atom. The number of anilines is 2. The third kappa shape index (κ3) is 3.54. The summed E-state index contributed by atoms with van der Waals surface area (Å²) in [6.45, 7) is 10.9. The molecule has 4 fully saturated rings. The second-order valence-electron chi connectivity index (χ2n) is 10.2. The Morgan fingerprint density at radius 1 is 1.03 bits per heavy atom. The molecule has 164 valence electrons. The molecule has 2 unspecified atom stereocenters. The molecule has 5 heteroatoms. The molecule has 1 amide bonds. The molecule has 0 radical (unpaired) electrons. The van der Waals surface area contributed by atoms with Crippen LogP contribution in [-0.2, 0) is 4.79 Å². The van der Waals surface area contributed by atoms with E-state index in [2.05, 4.69) is 52.1 Å². The number of piperidine rings is 2. The SMILES string of the molecule is Cc1cc(N2CCC(N3CCCC3C)C2)ccc1N1CCCC2(CCNCC2)C1=O. The van der Waals surface area contributed by atoms with Crippen molar-refractivity contribution in [3.63, 3.8) is 0 Å². The minimum absolute atomic E-state index is 0.122. The van der Waals surface area contributed by atoms with Gasteiger partial charge in [0.1, 0.15) is 0 Å². The highest BCUT2D eigenvalue weighted by Gasteiger charge is 2.45. The maximum Gasteiger partial charge on any atom is 0.233 e. The van der Waals surface area contributed by atoms with E-state index in [9.17, 15) is 4.79 Å². The van der Waals surface area contributed by atoms with Gasteiger partial charge in [0.2, 0.25) is 5.91 Å². The summed E-state index contributed by atoms with van der Waals surface area (Å²) < 4.78 is 0. The van der Waals surface area contributed by atoms with Crippen LogP contribution in [0.15, 0.2) is 18.2 Å². The first-order valence-electron chi connectivity index (χ1n) is 12.2. The molecular weight excluding hydrogens is 372 g/mol. The summed E-state index contributed by atoms with van der Waals surface area (Å²) in [7, 11) is 0. The van der Waals surface area contributed by atoms with Crippen LogP contribution in [0, 0.1) is 12.3 Å². The first-order chi connectivity index (χ1) is 14.6. The van der Waals surface area contributed by atoms with Gasteiger partial charge in [-0.2, -0.15) is 0 Å². The Labute approximate surface area is 181 Å². The number of rotatable bonds is 3. The standard InChI is InChI=1S/C25H38N4O/c1-19-17-21(27-16-8-22(18-27)28-14-3-5-20(28)2)6-7-23(19)29-15-4-9-25(24(29)30)10-12-26-13-11-25/h6-7,17,20,22,26H,3-5,8-16,18H2,1-2H3. The van der Waals surface area contributed by atoms with E-state index < -0.39 is 0 Å². The van der Waals surface area contributed by atoms with Crippen LogP contribution in [0.5, 0.6) is 0 Å². The molecule has 4 heterocycles. The quantitative estimate of drug-likeness (QED) is 0.827. The van der Waals surface area contributed by atoms with E-state index in [0.717, 1.165) is 70.1 Å². The van der Waals surface area contributed by atoms with Gasteiger partial charge in [0.25, 0.3) is 0 Å². The van der Waals surface area contributed by atoms with Gasteiger partial charge >= 0.3 is 0 Å². The Bertz CT molecular complexity index is 782. The summed E-state index contributed by atoms with van der Waals surface area (Å²) in [5.74, 6) is 0.371. The van der Waals surface area contributed by atoms with Crippen molar-refractivity contribution < 1.29 is 4.79 Å². The second-order valence-corrected chi connectivity index (χ2v) is 10.2. The molecule has 0 bridgehead atoms. The molecule has 4 aliphatic heterocycles. The summed E-state index contributed by atoms with van der Waals surface area (Å²) in [6, 6.07) is 8.24. The molecule has 1 aromatic carbocycles. The van der Waals surface area contributed by atoms with Crippen LogP contribution in [0.4, 0.5) is 11.4 Å². The lowest BCUT2D eigenvalue weighted by atomic mass is 9.72. The lowest BCUT2D eigenvalue weighted by Gasteiger charge is -2.44. The van der Waals surface area contributed by atoms with Crippen LogP contribution < -0.4 is 15.1 Å². The Hall–Kier alpha value is -1.59. The fourth-order valence-corrected chi connectivity index (χ4v) is 6.55. The van der Waals surface area contributed by atoms with Crippen LogP contribution in [0.1, 0.15) is 57.4 Å². The zero-order chi connectivity index (χ0) is 20.7. The minimum Gasteiger partial charge on any atom is -0.370 e. The maximum absolute atomic E-state index is 13.5. The predicted molar refractivity (Wildman–Crippen MR) is 123 cm³/mol. The molecule has 2 atom stereocenters. The summed E-state index contributed by atoms with van der Waals surface area (Å²) in [5.41, 5.74) is 3.57. The largest absolute Gasteiger partial charge is 0.370 e. The zero-order valence-corrected chi connectivity index (χ0v) is 18.8. The van der Waals surface area contributed by atoms with Crippen molar-refractivity contribution in [2.75, 3.05) is 49.1 Å². The number of aryl methyl sites for hydroxylation is 1. The molecule has 0 saturated carbocycles. The van der Waals surface area contributed by atoms with Crippen molar-refractivity contribution in [2.45, 2.75) is 70.9 Å². The lowest BCUT2D eigenvalue weighted by Crippen LogP contribution is -2.53. The molecular formula is C25H38N4O. The van der Waals surface area contributed by atoms with E-state index in [1.54, 1.807) is 0 Å². The van der Waals surface area contributed by atoms with Crippen LogP contribution in [0.2, 0.25) is 0 Å². The van der Waals surface area contributed by atoms with E-state index in [0.29, 0.717) is 11.9 Å². The maximum atomic E-state index is 13.5. The predicted octanol–water partition coefficient (Wildman–Crippen LogP) is 3.55. The number of amides is 1. The van der Waals surface area contributed by atoms with E-state index >= 15 is 0 Å². The monoisotopic (exact) mass is 410 g/mol. The topological polar surface area (TPSA) is 38.8 Å². The zero-order valence-electron chi connectivity index (χ0n) is 18.8. The first kappa shape index (κ1) is 20.3. The number of nitrogens with zero attached hydrogens (tertiary/aromatic N) is 3. The molecule has 0 aromatic heterocycles. The van der Waals surface area contributed by atoms with E-state index in [1.807, 2.05) is 0 Å². The summed E-state index contributed by atoms with van der Waals surface area (Å²) >= 11 is 0. The fourth-order valence-electron chi connectivity index (χ4n) is 6.55. The summed E-state index contributed by atoms with van der Waals surface area (Å²) in [5, 5.41) is 3.43. The van der Waals surface area contributed by atoms with Crippen LogP contribution in [0.3, 0.4) is 0 Å². The number of carbonyl (C=O) groups is 1. The van der Waals surface area contributed by atoms with Gasteiger partial charge in [-0.1, -0.05) is 0 Å². The molecule has 1 spiro atoms. The Balaban J connectivity index is 1.31. The van der Waals surface area contributed by atoms with Gasteiger partial charge in [0.15, 0.2) is 0 Å². The van der Waals surface area contributed by atoms with Crippen molar-refractivity contribution in [1.29, 1.82) is 0 Å². The van der Waals surface area contributed by atoms with Gasteiger partial charge in [-0.15, -0.1) is 0 Å². The van der Waals surface area contributed by atoms with Gasteiger partial charge in [-0.25, -0.2) is 0 Å². The molecule has 4 aliphatic rings. The molecule has 1 aromatic rings. The lowest BCUT2D eigenvalue weighted by molar-refractivity contribution is -0.132. The molecule has 1 N–H and O–H groups in total. The van der Waals surface area contributed by atoms with Gasteiger partial charge in [-0.05, 0) is 102 Å². The van der Waals surface area contributed by atoms with E-state index in [1.165, 1.54) is 37.1 Å². The normalized spacial score (nSPS) is 29.9. The van der Waals surface area contributed by atoms with Gasteiger partial charge < -0.3 is 15.1 Å². The average molecular weight is 411 g/mol. The average Bonchev–Trinajstić information content (AvgIpc) is 3.40. The molecule has 0 aliphatic carbocycles. The number of nitrogens with one attached hydrogen (secondary N) is 1. The smallest absolute Gasteiger partial charge is 0.233 e. The van der Waals surface area contributed by atoms with Gasteiger partial charge in [-0.3, -0.25) is 9.69 Å². The molecule has 30 heavy (non-hydrogen) atoms. The second kappa shape index (κ2) is 8.16. The molecule has 5 rings (SSSR count). The molecule has 5 nitrogen and oxygen atoms in total. The summed E-state index contributed by atoms with van der Waals surface area (Å²) in [6.07, 6.45) is 8.14. The Morgan fingerprint density at radius 3 is 2.60 bits per heavy atom. The number of hydrogen-bond acceptors (Lipinski definition) is 4. The Kier molecular flexibility index (Phi) is 5.53. The number of likely N-dealkylation sites (tertiary alicyclic amines) is 1.